The molecule has 1 heterocycles. The molecule has 0 aromatic carbocycles. The van der Waals surface area contributed by atoms with Crippen molar-refractivity contribution in [3.8, 4) is 0 Å². The molecule has 0 aromatic heterocycles. The molecule has 1 saturated heterocycles. The molecular weight excluding hydrogens is 256 g/mol. The van der Waals surface area contributed by atoms with Gasteiger partial charge >= 0.3 is 5.97 Å². The maximum absolute atomic E-state index is 11.9. The van der Waals surface area contributed by atoms with Crippen LogP contribution in [-0.2, 0) is 15.0 Å². The average molecular weight is 278 g/mol. The van der Waals surface area contributed by atoms with E-state index in [0.29, 0.717) is 25.3 Å². The second-order valence-corrected chi connectivity index (χ2v) is 6.63. The van der Waals surface area contributed by atoms with Gasteiger partial charge in [0.1, 0.15) is 0 Å². The number of hydrogen-bond acceptors (Lipinski definition) is 3. The minimum Gasteiger partial charge on any atom is -0.481 e. The molecule has 0 bridgehead atoms. The van der Waals surface area contributed by atoms with Crippen molar-refractivity contribution in [3.05, 3.63) is 0 Å². The first kappa shape index (κ1) is 15.4. The zero-order valence-electron chi connectivity index (χ0n) is 10.9. The Hall–Kier alpha value is -0.660. The van der Waals surface area contributed by atoms with Gasteiger partial charge in [-0.05, 0) is 18.8 Å². The third-order valence-electron chi connectivity index (χ3n) is 3.45. The molecule has 1 rings (SSSR count). The molecule has 0 aromatic rings. The van der Waals surface area contributed by atoms with Crippen molar-refractivity contribution in [3.63, 3.8) is 0 Å². The topological polar surface area (TPSA) is 86.7 Å². The molecule has 0 saturated carbocycles. The van der Waals surface area contributed by atoms with Crippen LogP contribution in [0.1, 0.15) is 33.1 Å². The number of nitrogens with one attached hydrogen (secondary N) is 1. The zero-order valence-corrected chi connectivity index (χ0v) is 11.7. The maximum Gasteiger partial charge on any atom is 0.306 e. The Morgan fingerprint density at radius 1 is 1.44 bits per heavy atom. The number of nitrogens with zero attached hydrogens (tertiary/aromatic N) is 1. The number of rotatable bonds is 6. The molecule has 106 valence electrons. The molecule has 18 heavy (non-hydrogen) atoms. The van der Waals surface area contributed by atoms with Gasteiger partial charge in [0.05, 0.1) is 5.92 Å². The third-order valence-corrected chi connectivity index (χ3v) is 5.03. The van der Waals surface area contributed by atoms with Gasteiger partial charge in [-0.25, -0.2) is 4.72 Å². The van der Waals surface area contributed by atoms with E-state index in [1.54, 1.807) is 0 Å². The summed E-state index contributed by atoms with van der Waals surface area (Å²) >= 11 is 0. The Morgan fingerprint density at radius 2 is 2.00 bits per heavy atom. The predicted octanol–water partition coefficient (Wildman–Crippen LogP) is 0.664. The third kappa shape index (κ3) is 4.22. The Morgan fingerprint density at radius 3 is 2.44 bits per heavy atom. The summed E-state index contributed by atoms with van der Waals surface area (Å²) in [6.07, 6.45) is 1.70. The summed E-state index contributed by atoms with van der Waals surface area (Å²) in [6, 6.07) is 0. The van der Waals surface area contributed by atoms with E-state index in [4.69, 9.17) is 5.11 Å². The summed E-state index contributed by atoms with van der Waals surface area (Å²) in [5.41, 5.74) is 0. The van der Waals surface area contributed by atoms with Crippen molar-refractivity contribution in [2.24, 2.45) is 11.8 Å². The van der Waals surface area contributed by atoms with Gasteiger partial charge in [0.25, 0.3) is 10.2 Å². The van der Waals surface area contributed by atoms with E-state index in [0.717, 1.165) is 6.42 Å². The molecule has 0 radical (unpaired) electrons. The Bertz CT molecular complexity index is 375. The monoisotopic (exact) mass is 278 g/mol. The summed E-state index contributed by atoms with van der Waals surface area (Å²) in [4.78, 5) is 10.8. The van der Waals surface area contributed by atoms with Crippen LogP contribution in [0.2, 0.25) is 0 Å². The smallest absolute Gasteiger partial charge is 0.306 e. The highest BCUT2D eigenvalue weighted by Crippen LogP contribution is 2.19. The fraction of sp³-hybridized carbons (Fsp3) is 0.909. The van der Waals surface area contributed by atoms with Crippen LogP contribution in [0.4, 0.5) is 0 Å². The van der Waals surface area contributed by atoms with Crippen LogP contribution in [0, 0.1) is 11.8 Å². The van der Waals surface area contributed by atoms with E-state index in [9.17, 15) is 13.2 Å². The summed E-state index contributed by atoms with van der Waals surface area (Å²) < 4.78 is 27.8. The molecule has 1 aliphatic rings. The molecule has 1 aliphatic heterocycles. The van der Waals surface area contributed by atoms with Gasteiger partial charge in [0, 0.05) is 19.6 Å². The van der Waals surface area contributed by atoms with Crippen LogP contribution in [-0.4, -0.2) is 43.4 Å². The van der Waals surface area contributed by atoms with Gasteiger partial charge in [-0.2, -0.15) is 12.7 Å². The van der Waals surface area contributed by atoms with Gasteiger partial charge in [0.15, 0.2) is 0 Å². The normalized spacial score (nSPS) is 20.8. The van der Waals surface area contributed by atoms with Crippen LogP contribution in [0.15, 0.2) is 0 Å². The molecule has 2 N–H and O–H groups in total. The highest BCUT2D eigenvalue weighted by Gasteiger charge is 2.30. The minimum atomic E-state index is -3.45. The van der Waals surface area contributed by atoms with Crippen LogP contribution >= 0.6 is 0 Å². The second-order valence-electron chi connectivity index (χ2n) is 4.88. The molecule has 1 fully saturated rings. The fourth-order valence-electron chi connectivity index (χ4n) is 1.83. The molecule has 0 spiro atoms. The first-order valence-corrected chi connectivity index (χ1v) is 7.78. The standard InChI is InChI=1S/C11H22N2O4S/c1-3-9(2)8-12-18(16,17)13-6-4-10(5-7-13)11(14)15/h9-10,12H,3-8H2,1-2H3,(H,14,15). The lowest BCUT2D eigenvalue weighted by atomic mass is 9.99. The number of piperidine rings is 1. The Labute approximate surface area is 109 Å². The lowest BCUT2D eigenvalue weighted by Gasteiger charge is -2.29. The summed E-state index contributed by atoms with van der Waals surface area (Å²) in [7, 11) is -3.45. The SMILES string of the molecule is CCC(C)CNS(=O)(=O)N1CCC(C(=O)O)CC1. The van der Waals surface area contributed by atoms with Crippen LogP contribution in [0.3, 0.4) is 0 Å². The van der Waals surface area contributed by atoms with E-state index in [1.165, 1.54) is 4.31 Å². The largest absolute Gasteiger partial charge is 0.481 e. The number of carboxylic acid groups (broad SMARTS) is 1. The highest BCUT2D eigenvalue weighted by molar-refractivity contribution is 7.87. The van der Waals surface area contributed by atoms with Crippen molar-refractivity contribution in [1.82, 2.24) is 9.03 Å². The van der Waals surface area contributed by atoms with E-state index in [1.807, 2.05) is 13.8 Å². The minimum absolute atomic E-state index is 0.285. The molecule has 1 unspecified atom stereocenters. The van der Waals surface area contributed by atoms with Crippen molar-refractivity contribution in [2.45, 2.75) is 33.1 Å². The van der Waals surface area contributed by atoms with E-state index in [2.05, 4.69) is 4.72 Å². The highest BCUT2D eigenvalue weighted by atomic mass is 32.2. The second kappa shape index (κ2) is 6.49. The van der Waals surface area contributed by atoms with E-state index >= 15 is 0 Å². The first-order valence-electron chi connectivity index (χ1n) is 6.34. The van der Waals surface area contributed by atoms with E-state index < -0.39 is 22.1 Å². The first-order chi connectivity index (χ1) is 8.36. The number of hydrogen-bond donors (Lipinski definition) is 2. The number of carboxylic acids is 1. The van der Waals surface area contributed by atoms with Crippen LogP contribution in [0.25, 0.3) is 0 Å². The van der Waals surface area contributed by atoms with Gasteiger partial charge in [-0.15, -0.1) is 0 Å². The van der Waals surface area contributed by atoms with Crippen LogP contribution in [0.5, 0.6) is 0 Å². The van der Waals surface area contributed by atoms with Crippen molar-refractivity contribution in [1.29, 1.82) is 0 Å². The molecule has 0 amide bonds. The quantitative estimate of drug-likeness (QED) is 0.747. The lowest BCUT2D eigenvalue weighted by Crippen LogP contribution is -2.46. The lowest BCUT2D eigenvalue weighted by molar-refractivity contribution is -0.142. The zero-order chi connectivity index (χ0) is 13.8. The molecule has 0 aliphatic carbocycles. The van der Waals surface area contributed by atoms with Crippen molar-refractivity contribution in [2.75, 3.05) is 19.6 Å². The molecule has 6 nitrogen and oxygen atoms in total. The van der Waals surface area contributed by atoms with Crippen molar-refractivity contribution >= 4 is 16.2 Å². The predicted molar refractivity (Wildman–Crippen MR) is 68.3 cm³/mol. The Balaban J connectivity index is 2.48. The summed E-state index contributed by atoms with van der Waals surface area (Å²) in [5, 5.41) is 8.85. The Kier molecular flexibility index (Phi) is 5.55. The maximum atomic E-state index is 11.9. The molecule has 7 heteroatoms. The van der Waals surface area contributed by atoms with Crippen molar-refractivity contribution < 1.29 is 18.3 Å². The van der Waals surface area contributed by atoms with Gasteiger partial charge in [-0.1, -0.05) is 20.3 Å². The summed E-state index contributed by atoms with van der Waals surface area (Å²) in [6.45, 7) is 4.99. The van der Waals surface area contributed by atoms with Gasteiger partial charge in [0.2, 0.25) is 0 Å². The van der Waals surface area contributed by atoms with Crippen LogP contribution < -0.4 is 4.72 Å². The number of carbonyl (C=O) groups is 1. The van der Waals surface area contributed by atoms with Gasteiger partial charge in [-0.3, -0.25) is 4.79 Å². The molecular formula is C11H22N2O4S. The molecule has 1 atom stereocenters. The van der Waals surface area contributed by atoms with E-state index in [-0.39, 0.29) is 13.1 Å². The van der Waals surface area contributed by atoms with Gasteiger partial charge < -0.3 is 5.11 Å². The fourth-order valence-corrected chi connectivity index (χ4v) is 3.20. The average Bonchev–Trinajstić information content (AvgIpc) is 2.36. The number of aliphatic carboxylic acids is 1. The summed E-state index contributed by atoms with van der Waals surface area (Å²) in [5.74, 6) is -0.943.